The first-order chi connectivity index (χ1) is 11.9. The highest BCUT2D eigenvalue weighted by Gasteiger charge is 2.29. The van der Waals surface area contributed by atoms with Gasteiger partial charge in [-0.05, 0) is 24.3 Å². The first kappa shape index (κ1) is 17.6. The number of rotatable bonds is 4. The lowest BCUT2D eigenvalue weighted by atomic mass is 10.2. The minimum absolute atomic E-state index is 0.234. The predicted octanol–water partition coefficient (Wildman–Crippen LogP) is 2.48. The van der Waals surface area contributed by atoms with Crippen LogP contribution in [-0.4, -0.2) is 46.0 Å². The Morgan fingerprint density at radius 1 is 0.960 bits per heavy atom. The van der Waals surface area contributed by atoms with Crippen molar-refractivity contribution < 1.29 is 21.9 Å². The molecular formula is C17H18F2N2O3S. The van der Waals surface area contributed by atoms with Gasteiger partial charge in [-0.25, -0.2) is 17.2 Å². The molecule has 1 aliphatic rings. The number of benzene rings is 2. The zero-order valence-corrected chi connectivity index (χ0v) is 14.5. The van der Waals surface area contributed by atoms with Gasteiger partial charge in [-0.2, -0.15) is 4.31 Å². The zero-order chi connectivity index (χ0) is 18.0. The molecule has 0 unspecified atom stereocenters. The summed E-state index contributed by atoms with van der Waals surface area (Å²) in [5, 5.41) is 0. The first-order valence-electron chi connectivity index (χ1n) is 7.75. The number of methoxy groups -OCH3 is 1. The fourth-order valence-electron chi connectivity index (χ4n) is 2.82. The molecule has 1 fully saturated rings. The fourth-order valence-corrected chi connectivity index (χ4v) is 4.29. The number of hydrogen-bond acceptors (Lipinski definition) is 4. The quantitative estimate of drug-likeness (QED) is 0.832. The van der Waals surface area contributed by atoms with Gasteiger partial charge in [0.25, 0.3) is 0 Å². The number of anilines is 1. The number of halogens is 2. The Kier molecular flexibility index (Phi) is 4.91. The summed E-state index contributed by atoms with van der Waals surface area (Å²) in [6, 6.07) is 9.84. The second-order valence-corrected chi connectivity index (χ2v) is 7.64. The molecule has 2 aromatic carbocycles. The van der Waals surface area contributed by atoms with Crippen LogP contribution in [-0.2, 0) is 10.0 Å². The van der Waals surface area contributed by atoms with Crippen LogP contribution < -0.4 is 9.64 Å². The van der Waals surface area contributed by atoms with Gasteiger partial charge in [0.05, 0.1) is 12.0 Å². The van der Waals surface area contributed by atoms with Crippen LogP contribution in [0.25, 0.3) is 0 Å². The van der Waals surface area contributed by atoms with Crippen molar-refractivity contribution >= 4 is 15.7 Å². The predicted molar refractivity (Wildman–Crippen MR) is 90.3 cm³/mol. The molecule has 1 saturated heterocycles. The van der Waals surface area contributed by atoms with Crippen molar-refractivity contribution in [2.45, 2.75) is 4.90 Å². The third-order valence-electron chi connectivity index (χ3n) is 4.13. The lowest BCUT2D eigenvalue weighted by molar-refractivity contribution is 0.383. The van der Waals surface area contributed by atoms with E-state index in [1.165, 1.54) is 4.31 Å². The Balaban J connectivity index is 1.75. The normalized spacial score (nSPS) is 16.0. The standard InChI is InChI=1S/C17H18F2N2O3S/c1-24-16-4-2-3-15(12-16)20-5-7-21(8-6-20)25(22,23)17-10-13(18)9-14(19)11-17/h2-4,9-12H,5-8H2,1H3. The maximum atomic E-state index is 13.3. The molecule has 0 N–H and O–H groups in total. The van der Waals surface area contributed by atoms with Crippen LogP contribution in [0.3, 0.4) is 0 Å². The summed E-state index contributed by atoms with van der Waals surface area (Å²) >= 11 is 0. The minimum atomic E-state index is -3.92. The largest absolute Gasteiger partial charge is 0.497 e. The van der Waals surface area contributed by atoms with Crippen LogP contribution in [0.4, 0.5) is 14.5 Å². The number of ether oxygens (including phenoxy) is 1. The van der Waals surface area contributed by atoms with Gasteiger partial charge >= 0.3 is 0 Å². The summed E-state index contributed by atoms with van der Waals surface area (Å²) in [5.41, 5.74) is 0.938. The third kappa shape index (κ3) is 3.74. The van der Waals surface area contributed by atoms with Gasteiger partial charge in [0.15, 0.2) is 0 Å². The van der Waals surface area contributed by atoms with Crippen LogP contribution in [0.2, 0.25) is 0 Å². The Bertz CT molecular complexity index is 846. The molecule has 0 aliphatic carbocycles. The molecule has 0 atom stereocenters. The first-order valence-corrected chi connectivity index (χ1v) is 9.19. The molecule has 2 aromatic rings. The smallest absolute Gasteiger partial charge is 0.243 e. The highest BCUT2D eigenvalue weighted by molar-refractivity contribution is 7.89. The Hall–Kier alpha value is -2.19. The van der Waals surface area contributed by atoms with E-state index in [1.807, 2.05) is 29.2 Å². The van der Waals surface area contributed by atoms with Gasteiger partial charge < -0.3 is 9.64 Å². The van der Waals surface area contributed by atoms with Crippen molar-refractivity contribution in [1.82, 2.24) is 4.31 Å². The second kappa shape index (κ2) is 6.97. The van der Waals surface area contributed by atoms with E-state index < -0.39 is 21.7 Å². The Morgan fingerprint density at radius 3 is 2.20 bits per heavy atom. The van der Waals surface area contributed by atoms with E-state index in [2.05, 4.69) is 0 Å². The van der Waals surface area contributed by atoms with Crippen LogP contribution in [0.15, 0.2) is 47.4 Å². The molecule has 134 valence electrons. The van der Waals surface area contributed by atoms with Crippen molar-refractivity contribution in [1.29, 1.82) is 0 Å². The molecule has 1 aliphatic heterocycles. The van der Waals surface area contributed by atoms with Crippen molar-refractivity contribution in [2.75, 3.05) is 38.2 Å². The summed E-state index contributed by atoms with van der Waals surface area (Å²) in [6.45, 7) is 1.42. The number of hydrogen-bond donors (Lipinski definition) is 0. The highest BCUT2D eigenvalue weighted by atomic mass is 32.2. The average Bonchev–Trinajstić information content (AvgIpc) is 2.61. The summed E-state index contributed by atoms with van der Waals surface area (Å²) in [6.07, 6.45) is 0. The van der Waals surface area contributed by atoms with Crippen LogP contribution >= 0.6 is 0 Å². The van der Waals surface area contributed by atoms with Gasteiger partial charge in [0, 0.05) is 44.0 Å². The average molecular weight is 368 g/mol. The molecule has 5 nitrogen and oxygen atoms in total. The molecule has 1 heterocycles. The topological polar surface area (TPSA) is 49.9 Å². The van der Waals surface area contributed by atoms with Gasteiger partial charge in [-0.3, -0.25) is 0 Å². The van der Waals surface area contributed by atoms with Crippen molar-refractivity contribution in [3.8, 4) is 5.75 Å². The molecule has 8 heteroatoms. The second-order valence-electron chi connectivity index (χ2n) is 5.70. The van der Waals surface area contributed by atoms with E-state index in [-0.39, 0.29) is 18.0 Å². The summed E-state index contributed by atoms with van der Waals surface area (Å²) in [7, 11) is -2.34. The lowest BCUT2D eigenvalue weighted by Gasteiger charge is -2.35. The number of sulfonamides is 1. The van der Waals surface area contributed by atoms with Crippen LogP contribution in [0.1, 0.15) is 0 Å². The van der Waals surface area contributed by atoms with Crippen molar-refractivity contribution in [3.05, 3.63) is 54.1 Å². The summed E-state index contributed by atoms with van der Waals surface area (Å²) < 4.78 is 58.3. The van der Waals surface area contributed by atoms with Crippen molar-refractivity contribution in [3.63, 3.8) is 0 Å². The Morgan fingerprint density at radius 2 is 1.60 bits per heavy atom. The van der Waals surface area contributed by atoms with Crippen LogP contribution in [0, 0.1) is 11.6 Å². The maximum absolute atomic E-state index is 13.3. The van der Waals surface area contributed by atoms with E-state index in [0.29, 0.717) is 19.2 Å². The van der Waals surface area contributed by atoms with Gasteiger partial charge in [-0.15, -0.1) is 0 Å². The number of nitrogens with zero attached hydrogens (tertiary/aromatic N) is 2. The highest BCUT2D eigenvalue weighted by Crippen LogP contribution is 2.24. The van der Waals surface area contributed by atoms with Gasteiger partial charge in [-0.1, -0.05) is 6.07 Å². The summed E-state index contributed by atoms with van der Waals surface area (Å²) in [5.74, 6) is -1.09. The zero-order valence-electron chi connectivity index (χ0n) is 13.7. The minimum Gasteiger partial charge on any atom is -0.497 e. The molecule has 0 amide bonds. The lowest BCUT2D eigenvalue weighted by Crippen LogP contribution is -2.48. The number of piperazine rings is 1. The van der Waals surface area contributed by atoms with E-state index in [0.717, 1.165) is 23.6 Å². The molecule has 25 heavy (non-hydrogen) atoms. The van der Waals surface area contributed by atoms with Gasteiger partial charge in [0.2, 0.25) is 10.0 Å². The Labute approximate surface area is 145 Å². The molecule has 3 rings (SSSR count). The monoisotopic (exact) mass is 368 g/mol. The van der Waals surface area contributed by atoms with E-state index >= 15 is 0 Å². The van der Waals surface area contributed by atoms with E-state index in [4.69, 9.17) is 4.74 Å². The molecule has 0 radical (unpaired) electrons. The van der Waals surface area contributed by atoms with E-state index in [9.17, 15) is 17.2 Å². The SMILES string of the molecule is COc1cccc(N2CCN(S(=O)(=O)c3cc(F)cc(F)c3)CC2)c1. The summed E-state index contributed by atoms with van der Waals surface area (Å²) in [4.78, 5) is 1.68. The van der Waals surface area contributed by atoms with Crippen LogP contribution in [0.5, 0.6) is 5.75 Å². The molecule has 0 saturated carbocycles. The molecule has 0 bridgehead atoms. The van der Waals surface area contributed by atoms with Crippen molar-refractivity contribution in [2.24, 2.45) is 0 Å². The third-order valence-corrected chi connectivity index (χ3v) is 6.01. The van der Waals surface area contributed by atoms with Gasteiger partial charge in [0.1, 0.15) is 17.4 Å². The molecule has 0 spiro atoms. The fraction of sp³-hybridized carbons (Fsp3) is 0.294. The molecule has 0 aromatic heterocycles. The van der Waals surface area contributed by atoms with E-state index in [1.54, 1.807) is 7.11 Å². The maximum Gasteiger partial charge on any atom is 0.243 e. The molecular weight excluding hydrogens is 350 g/mol.